The Hall–Kier alpha value is -1.61. The Labute approximate surface area is 131 Å². The molecule has 2 aromatic rings. The number of benzene rings is 2. The van der Waals surface area contributed by atoms with Crippen LogP contribution in [0, 0.1) is 13.8 Å². The molecule has 3 heteroatoms. The summed E-state index contributed by atoms with van der Waals surface area (Å²) in [4.78, 5) is 0.677. The number of rotatable bonds is 3. The highest BCUT2D eigenvalue weighted by molar-refractivity contribution is 7.80. The molecule has 0 radical (unpaired) electrons. The van der Waals surface area contributed by atoms with Gasteiger partial charge in [-0.15, -0.1) is 0 Å². The van der Waals surface area contributed by atoms with E-state index in [0.29, 0.717) is 10.6 Å². The SMILES string of the molecule is CC.CC.Cc1ccc(OS(=O)c2ccc(C)cc2)cc1. The quantitative estimate of drug-likeness (QED) is 0.753. The Morgan fingerprint density at radius 1 is 0.714 bits per heavy atom. The van der Waals surface area contributed by atoms with E-state index >= 15 is 0 Å². The smallest absolute Gasteiger partial charge is 0.240 e. The van der Waals surface area contributed by atoms with Gasteiger partial charge in [0.2, 0.25) is 11.1 Å². The van der Waals surface area contributed by atoms with Gasteiger partial charge in [0.1, 0.15) is 5.75 Å². The predicted molar refractivity (Wildman–Crippen MR) is 92.1 cm³/mol. The van der Waals surface area contributed by atoms with Gasteiger partial charge in [0.15, 0.2) is 0 Å². The number of hydrogen-bond donors (Lipinski definition) is 0. The molecule has 0 aromatic heterocycles. The first-order chi connectivity index (χ1) is 10.1. The topological polar surface area (TPSA) is 26.3 Å². The molecule has 1 atom stereocenters. The second-order valence-corrected chi connectivity index (χ2v) is 5.05. The fourth-order valence-electron chi connectivity index (χ4n) is 1.38. The van der Waals surface area contributed by atoms with Crippen LogP contribution < -0.4 is 4.18 Å². The summed E-state index contributed by atoms with van der Waals surface area (Å²) in [5.74, 6) is 0.620. The highest BCUT2D eigenvalue weighted by Crippen LogP contribution is 2.16. The molecule has 21 heavy (non-hydrogen) atoms. The molecule has 1 unspecified atom stereocenters. The lowest BCUT2D eigenvalue weighted by Gasteiger charge is -2.05. The lowest BCUT2D eigenvalue weighted by atomic mass is 10.2. The van der Waals surface area contributed by atoms with Gasteiger partial charge in [0.05, 0.1) is 4.90 Å². The van der Waals surface area contributed by atoms with Gasteiger partial charge in [-0.3, -0.25) is 0 Å². The van der Waals surface area contributed by atoms with Crippen LogP contribution in [-0.4, -0.2) is 4.21 Å². The Bertz CT molecular complexity index is 516. The number of aryl methyl sites for hydroxylation is 2. The van der Waals surface area contributed by atoms with Crippen molar-refractivity contribution in [2.24, 2.45) is 0 Å². The van der Waals surface area contributed by atoms with E-state index < -0.39 is 11.1 Å². The van der Waals surface area contributed by atoms with E-state index in [0.717, 1.165) is 11.1 Å². The largest absolute Gasteiger partial charge is 0.397 e. The van der Waals surface area contributed by atoms with Crippen molar-refractivity contribution in [3.63, 3.8) is 0 Å². The van der Waals surface area contributed by atoms with Crippen LogP contribution in [0.4, 0.5) is 0 Å². The number of hydrogen-bond acceptors (Lipinski definition) is 2. The lowest BCUT2D eigenvalue weighted by molar-refractivity contribution is 0.562. The molecular formula is C18H26O2S. The molecule has 0 bridgehead atoms. The van der Waals surface area contributed by atoms with E-state index in [1.165, 1.54) is 0 Å². The van der Waals surface area contributed by atoms with Gasteiger partial charge in [0.25, 0.3) is 0 Å². The molecule has 0 aliphatic rings. The summed E-state index contributed by atoms with van der Waals surface area (Å²) in [6, 6.07) is 15.0. The summed E-state index contributed by atoms with van der Waals surface area (Å²) in [6.07, 6.45) is 0. The Kier molecular flexibility index (Phi) is 10.2. The molecule has 0 saturated heterocycles. The molecule has 0 saturated carbocycles. The molecule has 0 fully saturated rings. The monoisotopic (exact) mass is 306 g/mol. The van der Waals surface area contributed by atoms with Crippen LogP contribution in [-0.2, 0) is 11.1 Å². The fraction of sp³-hybridized carbons (Fsp3) is 0.333. The van der Waals surface area contributed by atoms with E-state index in [2.05, 4.69) is 0 Å². The minimum atomic E-state index is -1.45. The van der Waals surface area contributed by atoms with Crippen molar-refractivity contribution in [2.45, 2.75) is 46.4 Å². The van der Waals surface area contributed by atoms with Crippen LogP contribution in [0.15, 0.2) is 53.4 Å². The highest BCUT2D eigenvalue weighted by atomic mass is 32.2. The average molecular weight is 306 g/mol. The van der Waals surface area contributed by atoms with Crippen molar-refractivity contribution in [3.8, 4) is 5.75 Å². The van der Waals surface area contributed by atoms with Crippen molar-refractivity contribution in [2.75, 3.05) is 0 Å². The van der Waals surface area contributed by atoms with Gasteiger partial charge < -0.3 is 4.18 Å². The Morgan fingerprint density at radius 2 is 1.10 bits per heavy atom. The van der Waals surface area contributed by atoms with Crippen molar-refractivity contribution in [1.29, 1.82) is 0 Å². The maximum atomic E-state index is 11.9. The summed E-state index contributed by atoms with van der Waals surface area (Å²) < 4.78 is 17.3. The molecule has 116 valence electrons. The van der Waals surface area contributed by atoms with Crippen LogP contribution >= 0.6 is 0 Å². The summed E-state index contributed by atoms with van der Waals surface area (Å²) in [6.45, 7) is 12.0. The summed E-state index contributed by atoms with van der Waals surface area (Å²) in [7, 11) is 0. The highest BCUT2D eigenvalue weighted by Gasteiger charge is 2.05. The maximum absolute atomic E-state index is 11.9. The van der Waals surface area contributed by atoms with E-state index in [1.54, 1.807) is 0 Å². The van der Waals surface area contributed by atoms with Crippen molar-refractivity contribution in [3.05, 3.63) is 59.7 Å². The Morgan fingerprint density at radius 3 is 1.52 bits per heavy atom. The second kappa shape index (κ2) is 11.1. The lowest BCUT2D eigenvalue weighted by Crippen LogP contribution is -2.00. The predicted octanol–water partition coefficient (Wildman–Crippen LogP) is 5.46. The summed E-state index contributed by atoms with van der Waals surface area (Å²) >= 11 is -1.45. The van der Waals surface area contributed by atoms with Crippen molar-refractivity contribution < 1.29 is 8.39 Å². The molecule has 0 aliphatic carbocycles. The van der Waals surface area contributed by atoms with Crippen molar-refractivity contribution >= 4 is 11.1 Å². The van der Waals surface area contributed by atoms with Crippen LogP contribution in [0.25, 0.3) is 0 Å². The molecule has 0 amide bonds. The standard InChI is InChI=1S/C14H14O2S.2C2H6/c1-11-3-7-13(8-4-11)16-17(15)14-9-5-12(2)6-10-14;2*1-2/h3-10H,1-2H3;2*1-2H3. The minimum absolute atomic E-state index is 0.620. The first-order valence-electron chi connectivity index (χ1n) is 7.38. The van der Waals surface area contributed by atoms with Gasteiger partial charge in [-0.1, -0.05) is 63.1 Å². The molecule has 2 nitrogen and oxygen atoms in total. The zero-order chi connectivity index (χ0) is 16.3. The van der Waals surface area contributed by atoms with Crippen molar-refractivity contribution in [1.82, 2.24) is 0 Å². The summed E-state index contributed by atoms with van der Waals surface area (Å²) in [5, 5.41) is 0. The van der Waals surface area contributed by atoms with Gasteiger partial charge in [0, 0.05) is 0 Å². The Balaban J connectivity index is 0.000000921. The first kappa shape index (κ1) is 19.4. The molecule has 2 aromatic carbocycles. The third-order valence-electron chi connectivity index (χ3n) is 2.41. The van der Waals surface area contributed by atoms with E-state index in [1.807, 2.05) is 90.1 Å². The van der Waals surface area contributed by atoms with Crippen LogP contribution in [0.3, 0.4) is 0 Å². The minimum Gasteiger partial charge on any atom is -0.397 e. The van der Waals surface area contributed by atoms with Crippen LogP contribution in [0.1, 0.15) is 38.8 Å². The molecule has 0 N–H and O–H groups in total. The second-order valence-electron chi connectivity index (χ2n) is 3.94. The van der Waals surface area contributed by atoms with E-state index in [4.69, 9.17) is 4.18 Å². The average Bonchev–Trinajstić information content (AvgIpc) is 2.54. The zero-order valence-corrected chi connectivity index (χ0v) is 14.7. The van der Waals surface area contributed by atoms with E-state index in [9.17, 15) is 4.21 Å². The van der Waals surface area contributed by atoms with Gasteiger partial charge >= 0.3 is 0 Å². The molecule has 0 aliphatic heterocycles. The molecule has 0 heterocycles. The van der Waals surface area contributed by atoms with Gasteiger partial charge in [-0.05, 0) is 38.1 Å². The van der Waals surface area contributed by atoms with Gasteiger partial charge in [-0.2, -0.15) is 0 Å². The van der Waals surface area contributed by atoms with Gasteiger partial charge in [-0.25, -0.2) is 4.21 Å². The third-order valence-corrected chi connectivity index (χ3v) is 3.41. The first-order valence-corrected chi connectivity index (χ1v) is 8.46. The molecule has 0 spiro atoms. The normalized spacial score (nSPS) is 10.4. The van der Waals surface area contributed by atoms with Crippen LogP contribution in [0.2, 0.25) is 0 Å². The van der Waals surface area contributed by atoms with E-state index in [-0.39, 0.29) is 0 Å². The molecular weight excluding hydrogens is 280 g/mol. The zero-order valence-electron chi connectivity index (χ0n) is 13.8. The van der Waals surface area contributed by atoms with Crippen LogP contribution in [0.5, 0.6) is 5.75 Å². The fourth-order valence-corrected chi connectivity index (χ4v) is 2.12. The third kappa shape index (κ3) is 7.09. The maximum Gasteiger partial charge on any atom is 0.240 e. The summed E-state index contributed by atoms with van der Waals surface area (Å²) in [5.41, 5.74) is 2.29. The molecule has 2 rings (SSSR count).